The van der Waals surface area contributed by atoms with Gasteiger partial charge in [-0.3, -0.25) is 19.4 Å². The summed E-state index contributed by atoms with van der Waals surface area (Å²) >= 11 is 0. The number of nitrogens with one attached hydrogen (secondary N) is 1. The first kappa shape index (κ1) is 30.1. The van der Waals surface area contributed by atoms with Gasteiger partial charge in [-0.25, -0.2) is 13.3 Å². The summed E-state index contributed by atoms with van der Waals surface area (Å²) in [6, 6.07) is 4.98. The zero-order valence-electron chi connectivity index (χ0n) is 23.5. The van der Waals surface area contributed by atoms with E-state index in [0.29, 0.717) is 24.1 Å². The monoisotopic (exact) mass is 572 g/mol. The molecule has 0 bridgehead atoms. The molecule has 0 unspecified atom stereocenters. The Kier molecular flexibility index (Phi) is 9.91. The van der Waals surface area contributed by atoms with Crippen molar-refractivity contribution in [1.82, 2.24) is 9.62 Å². The van der Waals surface area contributed by atoms with Crippen molar-refractivity contribution in [3.8, 4) is 0 Å². The van der Waals surface area contributed by atoms with Crippen molar-refractivity contribution in [2.24, 2.45) is 4.99 Å². The summed E-state index contributed by atoms with van der Waals surface area (Å²) in [4.78, 5) is 42.9. The van der Waals surface area contributed by atoms with Crippen LogP contribution in [0.1, 0.15) is 82.3 Å². The molecule has 2 fully saturated rings. The van der Waals surface area contributed by atoms with Gasteiger partial charge in [-0.15, -0.1) is 0 Å². The molecule has 4 rings (SSSR count). The lowest BCUT2D eigenvalue weighted by atomic mass is 9.89. The van der Waals surface area contributed by atoms with Crippen LogP contribution in [0.25, 0.3) is 6.08 Å². The number of aliphatic imine (C=N–C) groups is 1. The Balaban J connectivity index is 1.32. The first-order valence-electron chi connectivity index (χ1n) is 14.3. The number of imide groups is 1. The van der Waals surface area contributed by atoms with Crippen molar-refractivity contribution in [2.45, 2.75) is 83.6 Å². The number of hydrogen-bond acceptors (Lipinski definition) is 7. The molecular weight excluding hydrogens is 532 g/mol. The quantitative estimate of drug-likeness (QED) is 0.301. The molecule has 11 heteroatoms. The van der Waals surface area contributed by atoms with Gasteiger partial charge in [0.2, 0.25) is 10.0 Å². The molecule has 1 N–H and O–H groups in total. The summed E-state index contributed by atoms with van der Waals surface area (Å²) in [7, 11) is -3.71. The molecule has 0 radical (unpaired) electrons. The normalized spacial score (nSPS) is 20.0. The number of benzene rings is 1. The van der Waals surface area contributed by atoms with Crippen LogP contribution in [0.3, 0.4) is 0 Å². The largest absolute Gasteiger partial charge is 0.362 e. The number of amides is 3. The number of carbonyl (C=O) groups is 3. The maximum absolute atomic E-state index is 13.1. The number of sulfonamides is 1. The molecule has 3 amide bonds. The molecular formula is C29H40N4O6S. The SMILES string of the molecule is CCCCCCCCCC1=NC2(CCN(S(=O)(=O)C=Cc3ccc(N4C(=O)COCC4=O)cc3C)CC2)C(=O)N1. The highest BCUT2D eigenvalue weighted by molar-refractivity contribution is 7.92. The lowest BCUT2D eigenvalue weighted by Crippen LogP contribution is -2.50. The second kappa shape index (κ2) is 13.2. The number of hydrogen-bond donors (Lipinski definition) is 1. The van der Waals surface area contributed by atoms with Gasteiger partial charge in [0.15, 0.2) is 0 Å². The van der Waals surface area contributed by atoms with Crippen LogP contribution in [0.5, 0.6) is 0 Å². The summed E-state index contributed by atoms with van der Waals surface area (Å²) in [5, 5.41) is 4.11. The number of nitrogens with zero attached hydrogens (tertiary/aromatic N) is 3. The molecule has 3 aliphatic rings. The fourth-order valence-electron chi connectivity index (χ4n) is 5.42. The molecule has 3 heterocycles. The van der Waals surface area contributed by atoms with E-state index in [2.05, 4.69) is 12.2 Å². The van der Waals surface area contributed by atoms with Crippen LogP contribution in [0, 0.1) is 6.92 Å². The van der Waals surface area contributed by atoms with Crippen molar-refractivity contribution in [3.05, 3.63) is 34.7 Å². The number of aryl methyl sites for hydroxylation is 1. The van der Waals surface area contributed by atoms with Crippen LogP contribution < -0.4 is 10.2 Å². The molecule has 0 aliphatic carbocycles. The summed E-state index contributed by atoms with van der Waals surface area (Å²) in [5.41, 5.74) is 0.939. The van der Waals surface area contributed by atoms with Crippen LogP contribution >= 0.6 is 0 Å². The predicted molar refractivity (Wildman–Crippen MR) is 154 cm³/mol. The lowest BCUT2D eigenvalue weighted by molar-refractivity contribution is -0.138. The highest BCUT2D eigenvalue weighted by Gasteiger charge is 2.46. The van der Waals surface area contributed by atoms with Gasteiger partial charge in [0, 0.05) is 24.9 Å². The van der Waals surface area contributed by atoms with E-state index >= 15 is 0 Å². The number of carbonyl (C=O) groups excluding carboxylic acids is 3. The standard InChI is InChI=1S/C29H40N4O6S/c1-3-4-5-6-7-8-9-10-25-30-28(36)29(31-25)14-16-32(17-15-29)40(37,38)18-13-23-11-12-24(19-22(23)2)33-26(34)20-39-21-27(33)35/h11-13,18-19H,3-10,14-17,20-21H2,1-2H3,(H,30,31,36). The molecule has 2 saturated heterocycles. The van der Waals surface area contributed by atoms with Crippen molar-refractivity contribution < 1.29 is 27.5 Å². The van der Waals surface area contributed by atoms with E-state index in [1.54, 1.807) is 25.1 Å². The van der Waals surface area contributed by atoms with Gasteiger partial charge >= 0.3 is 0 Å². The van der Waals surface area contributed by atoms with Crippen LogP contribution in [-0.2, 0) is 29.1 Å². The Hall–Kier alpha value is -2.89. The van der Waals surface area contributed by atoms with Gasteiger partial charge < -0.3 is 10.1 Å². The Morgan fingerprint density at radius 1 is 1.00 bits per heavy atom. The first-order valence-corrected chi connectivity index (χ1v) is 15.8. The summed E-state index contributed by atoms with van der Waals surface area (Å²) in [5.74, 6) is -0.260. The summed E-state index contributed by atoms with van der Waals surface area (Å²) in [6.07, 6.45) is 11.3. The van der Waals surface area contributed by atoms with Gasteiger partial charge in [0.05, 0.1) is 5.69 Å². The minimum absolute atomic E-state index is 0.119. The maximum atomic E-state index is 13.1. The van der Waals surface area contributed by atoms with E-state index in [4.69, 9.17) is 9.73 Å². The van der Waals surface area contributed by atoms with Gasteiger partial charge in [0.25, 0.3) is 17.7 Å². The summed E-state index contributed by atoms with van der Waals surface area (Å²) in [6.45, 7) is 4.11. The molecule has 40 heavy (non-hydrogen) atoms. The maximum Gasteiger partial charge on any atom is 0.259 e. The fourth-order valence-corrected chi connectivity index (χ4v) is 6.60. The molecule has 3 aliphatic heterocycles. The number of rotatable bonds is 12. The zero-order valence-corrected chi connectivity index (χ0v) is 24.3. The number of morpholine rings is 1. The summed E-state index contributed by atoms with van der Waals surface area (Å²) < 4.78 is 32.5. The Morgan fingerprint density at radius 2 is 1.65 bits per heavy atom. The van der Waals surface area contributed by atoms with Crippen molar-refractivity contribution in [2.75, 3.05) is 31.2 Å². The molecule has 1 spiro atoms. The van der Waals surface area contributed by atoms with Gasteiger partial charge in [-0.05, 0) is 55.5 Å². The molecule has 0 atom stereocenters. The average Bonchev–Trinajstić information content (AvgIpc) is 3.21. The van der Waals surface area contributed by atoms with E-state index in [1.807, 2.05) is 0 Å². The molecule has 0 saturated carbocycles. The third-order valence-electron chi connectivity index (χ3n) is 7.84. The Bertz CT molecular complexity index is 1270. The number of piperidine rings is 1. The van der Waals surface area contributed by atoms with E-state index in [9.17, 15) is 22.8 Å². The van der Waals surface area contributed by atoms with Crippen LogP contribution in [0.2, 0.25) is 0 Å². The third-order valence-corrected chi connectivity index (χ3v) is 9.40. The highest BCUT2D eigenvalue weighted by Crippen LogP contribution is 2.32. The van der Waals surface area contributed by atoms with Crippen molar-refractivity contribution in [3.63, 3.8) is 0 Å². The van der Waals surface area contributed by atoms with E-state index in [0.717, 1.165) is 35.6 Å². The first-order chi connectivity index (χ1) is 19.1. The van der Waals surface area contributed by atoms with Gasteiger partial charge in [0.1, 0.15) is 24.6 Å². The zero-order chi connectivity index (χ0) is 28.8. The number of amidine groups is 1. The van der Waals surface area contributed by atoms with Crippen molar-refractivity contribution in [1.29, 1.82) is 0 Å². The van der Waals surface area contributed by atoms with Gasteiger partial charge in [-0.2, -0.15) is 4.31 Å². The average molecular weight is 573 g/mol. The second-order valence-corrected chi connectivity index (χ2v) is 12.6. The minimum Gasteiger partial charge on any atom is -0.362 e. The predicted octanol–water partition coefficient (Wildman–Crippen LogP) is 3.69. The number of unbranched alkanes of at least 4 members (excludes halogenated alkanes) is 6. The molecule has 218 valence electrons. The number of ether oxygens (including phenoxy) is 1. The van der Waals surface area contributed by atoms with Crippen molar-refractivity contribution >= 4 is 45.3 Å². The third kappa shape index (κ3) is 7.05. The van der Waals surface area contributed by atoms with E-state index < -0.39 is 27.4 Å². The topological polar surface area (TPSA) is 125 Å². The molecule has 1 aromatic rings. The van der Waals surface area contributed by atoms with Gasteiger partial charge in [-0.1, -0.05) is 51.5 Å². The lowest BCUT2D eigenvalue weighted by Gasteiger charge is -2.34. The van der Waals surface area contributed by atoms with Crippen LogP contribution in [0.4, 0.5) is 5.69 Å². The smallest absolute Gasteiger partial charge is 0.259 e. The van der Waals surface area contributed by atoms with Crippen LogP contribution in [-0.4, -0.2) is 68.1 Å². The molecule has 10 nitrogen and oxygen atoms in total. The van der Waals surface area contributed by atoms with E-state index in [1.165, 1.54) is 47.9 Å². The Morgan fingerprint density at radius 3 is 2.30 bits per heavy atom. The molecule has 0 aromatic heterocycles. The highest BCUT2D eigenvalue weighted by atomic mass is 32.2. The second-order valence-electron chi connectivity index (χ2n) is 10.8. The van der Waals surface area contributed by atoms with E-state index in [-0.39, 0.29) is 32.2 Å². The minimum atomic E-state index is -3.71. The number of anilines is 1. The molecule has 1 aromatic carbocycles. The Labute approximate surface area is 236 Å². The fraction of sp³-hybridized carbons (Fsp3) is 0.586. The van der Waals surface area contributed by atoms with Crippen LogP contribution in [0.15, 0.2) is 28.6 Å².